The van der Waals surface area contributed by atoms with E-state index >= 15 is 0 Å². The van der Waals surface area contributed by atoms with Crippen molar-refractivity contribution in [1.29, 1.82) is 0 Å². The third kappa shape index (κ3) is 5.95. The first-order chi connectivity index (χ1) is 17.4. The molecule has 0 radical (unpaired) electrons. The molecule has 180 valence electrons. The second-order valence-corrected chi connectivity index (χ2v) is 8.26. The Hall–Kier alpha value is -4.49. The first-order valence-corrected chi connectivity index (χ1v) is 11.4. The van der Waals surface area contributed by atoms with Crippen LogP contribution < -0.4 is 4.74 Å². The van der Waals surface area contributed by atoms with Crippen molar-refractivity contribution in [2.24, 2.45) is 4.99 Å². The maximum atomic E-state index is 12.3. The van der Waals surface area contributed by atoms with Crippen LogP contribution in [0.4, 0.5) is 5.69 Å². The number of rotatable bonds is 9. The van der Waals surface area contributed by atoms with Crippen LogP contribution >= 0.6 is 11.6 Å². The predicted octanol–water partition coefficient (Wildman–Crippen LogP) is 6.57. The Morgan fingerprint density at radius 3 is 2.06 bits per heavy atom. The predicted molar refractivity (Wildman–Crippen MR) is 138 cm³/mol. The van der Waals surface area contributed by atoms with Crippen LogP contribution in [0.5, 0.6) is 11.5 Å². The summed E-state index contributed by atoms with van der Waals surface area (Å²) in [6.45, 7) is 0. The average molecular weight is 501 g/mol. The lowest BCUT2D eigenvalue weighted by Gasteiger charge is -2.14. The zero-order valence-corrected chi connectivity index (χ0v) is 19.7. The lowest BCUT2D eigenvalue weighted by molar-refractivity contribution is -0.385. The SMILES string of the molecule is O=C(O)C(Cc1cc(Oc2ccccc2Cl)ccc1[N+](=O)[O-])N=C(c1ccccc1)c1ccccc1. The molecule has 0 amide bonds. The molecule has 1 unspecified atom stereocenters. The molecule has 0 aromatic heterocycles. The number of carboxylic acids is 1. The van der Waals surface area contributed by atoms with Gasteiger partial charge >= 0.3 is 5.97 Å². The van der Waals surface area contributed by atoms with Crippen molar-refractivity contribution < 1.29 is 19.6 Å². The first-order valence-electron chi connectivity index (χ1n) is 11.0. The highest BCUT2D eigenvalue weighted by atomic mass is 35.5. The number of nitrogens with zero attached hydrogens (tertiary/aromatic N) is 2. The molecule has 36 heavy (non-hydrogen) atoms. The van der Waals surface area contributed by atoms with E-state index in [1.807, 2.05) is 60.7 Å². The van der Waals surface area contributed by atoms with Gasteiger partial charge in [0.1, 0.15) is 11.5 Å². The normalized spacial score (nSPS) is 11.4. The fourth-order valence-electron chi connectivity index (χ4n) is 3.68. The quantitative estimate of drug-likeness (QED) is 0.159. The van der Waals surface area contributed by atoms with Crippen molar-refractivity contribution in [1.82, 2.24) is 0 Å². The number of para-hydroxylation sites is 1. The van der Waals surface area contributed by atoms with Gasteiger partial charge in [-0.2, -0.15) is 0 Å². The molecule has 1 N–H and O–H groups in total. The second kappa shape index (κ2) is 11.3. The van der Waals surface area contributed by atoms with Gasteiger partial charge in [0, 0.05) is 29.2 Å². The standard InChI is InChI=1S/C28H21ClN2O5/c29-23-13-7-8-14-26(23)36-22-15-16-25(31(34)35)21(17-22)18-24(28(32)33)30-27(19-9-3-1-4-10-19)20-11-5-2-6-12-20/h1-17,24H,18H2,(H,32,33). The molecule has 0 aliphatic carbocycles. The zero-order chi connectivity index (χ0) is 25.5. The van der Waals surface area contributed by atoms with Crippen LogP contribution in [-0.4, -0.2) is 27.8 Å². The van der Waals surface area contributed by atoms with Crippen LogP contribution in [-0.2, 0) is 11.2 Å². The van der Waals surface area contributed by atoms with Crippen molar-refractivity contribution in [2.45, 2.75) is 12.5 Å². The molecule has 0 saturated heterocycles. The summed E-state index contributed by atoms with van der Waals surface area (Å²) >= 11 is 6.17. The lowest BCUT2D eigenvalue weighted by Crippen LogP contribution is -2.24. The minimum absolute atomic E-state index is 0.182. The van der Waals surface area contributed by atoms with E-state index in [9.17, 15) is 20.0 Å². The minimum atomic E-state index is -1.28. The summed E-state index contributed by atoms with van der Waals surface area (Å²) in [6, 6.07) is 28.2. The monoisotopic (exact) mass is 500 g/mol. The van der Waals surface area contributed by atoms with Gasteiger partial charge in [-0.05, 0) is 24.3 Å². The molecular weight excluding hydrogens is 480 g/mol. The number of benzene rings is 4. The van der Waals surface area contributed by atoms with Crippen LogP contribution in [0.25, 0.3) is 0 Å². The Balaban J connectivity index is 1.74. The molecule has 7 nitrogen and oxygen atoms in total. The topological polar surface area (TPSA) is 102 Å². The molecule has 0 spiro atoms. The van der Waals surface area contributed by atoms with Gasteiger partial charge in [-0.15, -0.1) is 0 Å². The number of halogens is 1. The van der Waals surface area contributed by atoms with Crippen LogP contribution in [0, 0.1) is 10.1 Å². The Morgan fingerprint density at radius 2 is 1.50 bits per heavy atom. The molecule has 0 fully saturated rings. The van der Waals surface area contributed by atoms with Gasteiger partial charge in [-0.3, -0.25) is 15.1 Å². The van der Waals surface area contributed by atoms with E-state index < -0.39 is 16.9 Å². The third-order valence-corrected chi connectivity index (χ3v) is 5.70. The minimum Gasteiger partial charge on any atom is -0.480 e. The number of hydrogen-bond donors (Lipinski definition) is 1. The van der Waals surface area contributed by atoms with E-state index in [-0.39, 0.29) is 17.7 Å². The summed E-state index contributed by atoms with van der Waals surface area (Å²) < 4.78 is 5.81. The van der Waals surface area contributed by atoms with E-state index in [1.54, 1.807) is 24.3 Å². The van der Waals surface area contributed by atoms with Gasteiger partial charge in [-0.1, -0.05) is 84.4 Å². The molecule has 8 heteroatoms. The molecular formula is C28H21ClN2O5. The van der Waals surface area contributed by atoms with Crippen LogP contribution in [0.2, 0.25) is 5.02 Å². The average Bonchev–Trinajstić information content (AvgIpc) is 2.88. The van der Waals surface area contributed by atoms with Crippen molar-refractivity contribution in [3.8, 4) is 11.5 Å². The van der Waals surface area contributed by atoms with Crippen LogP contribution in [0.3, 0.4) is 0 Å². The molecule has 1 atom stereocenters. The van der Waals surface area contributed by atoms with Gasteiger partial charge < -0.3 is 9.84 Å². The first kappa shape index (κ1) is 24.6. The van der Waals surface area contributed by atoms with Gasteiger partial charge in [0.05, 0.1) is 15.7 Å². The van der Waals surface area contributed by atoms with Crippen LogP contribution in [0.15, 0.2) is 108 Å². The van der Waals surface area contributed by atoms with E-state index in [4.69, 9.17) is 16.3 Å². The summed E-state index contributed by atoms with van der Waals surface area (Å²) in [6.07, 6.45) is -0.214. The maximum Gasteiger partial charge on any atom is 0.328 e. The van der Waals surface area contributed by atoms with E-state index in [0.29, 0.717) is 22.2 Å². The van der Waals surface area contributed by atoms with Crippen molar-refractivity contribution in [3.63, 3.8) is 0 Å². The highest BCUT2D eigenvalue weighted by molar-refractivity contribution is 6.32. The van der Waals surface area contributed by atoms with Crippen LogP contribution in [0.1, 0.15) is 16.7 Å². The van der Waals surface area contributed by atoms with Gasteiger partial charge in [0.2, 0.25) is 0 Å². The lowest BCUT2D eigenvalue weighted by atomic mass is 10.00. The number of carboxylic acid groups (broad SMARTS) is 1. The Labute approximate surface area is 212 Å². The number of ether oxygens (including phenoxy) is 1. The van der Waals surface area contributed by atoms with E-state index in [2.05, 4.69) is 4.99 Å². The third-order valence-electron chi connectivity index (χ3n) is 5.39. The van der Waals surface area contributed by atoms with Crippen molar-refractivity contribution >= 4 is 29.0 Å². The number of hydrogen-bond acceptors (Lipinski definition) is 5. The van der Waals surface area contributed by atoms with Crippen molar-refractivity contribution in [3.05, 3.63) is 135 Å². The van der Waals surface area contributed by atoms with Crippen molar-refractivity contribution in [2.75, 3.05) is 0 Å². The highest BCUT2D eigenvalue weighted by Crippen LogP contribution is 2.32. The molecule has 4 aromatic carbocycles. The molecule has 4 aromatic rings. The number of aliphatic carboxylic acids is 1. The Kier molecular flexibility index (Phi) is 7.72. The molecule has 4 rings (SSSR count). The molecule has 0 aliphatic rings. The van der Waals surface area contributed by atoms with Gasteiger partial charge in [-0.25, -0.2) is 4.79 Å². The Morgan fingerprint density at radius 1 is 0.917 bits per heavy atom. The Bertz CT molecular complexity index is 1370. The summed E-state index contributed by atoms with van der Waals surface area (Å²) in [4.78, 5) is 28.0. The summed E-state index contributed by atoms with van der Waals surface area (Å²) in [5.41, 5.74) is 1.92. The molecule has 0 saturated carbocycles. The number of nitro groups is 1. The molecule has 0 heterocycles. The number of nitro benzene ring substituents is 1. The second-order valence-electron chi connectivity index (χ2n) is 7.85. The van der Waals surface area contributed by atoms with Gasteiger partial charge in [0.15, 0.2) is 6.04 Å². The molecule has 0 aliphatic heterocycles. The largest absolute Gasteiger partial charge is 0.480 e. The summed E-state index contributed by atoms with van der Waals surface area (Å²) in [7, 11) is 0. The fourth-order valence-corrected chi connectivity index (χ4v) is 3.86. The summed E-state index contributed by atoms with van der Waals surface area (Å²) in [5, 5.41) is 22.1. The fraction of sp³-hybridized carbons (Fsp3) is 0.0714. The smallest absolute Gasteiger partial charge is 0.328 e. The van der Waals surface area contributed by atoms with E-state index in [1.165, 1.54) is 18.2 Å². The number of aliphatic imine (C=N–C) groups is 1. The van der Waals surface area contributed by atoms with Gasteiger partial charge in [0.25, 0.3) is 5.69 Å². The zero-order valence-electron chi connectivity index (χ0n) is 19.0. The maximum absolute atomic E-state index is 12.3. The molecule has 0 bridgehead atoms. The summed E-state index contributed by atoms with van der Waals surface area (Å²) in [5.74, 6) is -0.531. The number of carbonyl (C=O) groups is 1. The highest BCUT2D eigenvalue weighted by Gasteiger charge is 2.25. The van der Waals surface area contributed by atoms with E-state index in [0.717, 1.165) is 11.1 Å².